The average Bonchev–Trinajstić information content (AvgIpc) is 2.62. The number of benzene rings is 1. The Kier molecular flexibility index (Phi) is 4.86. The highest BCUT2D eigenvalue weighted by Gasteiger charge is 2.10. The van der Waals surface area contributed by atoms with Crippen molar-refractivity contribution in [1.29, 1.82) is 0 Å². The van der Waals surface area contributed by atoms with Crippen molar-refractivity contribution in [2.45, 2.75) is 6.92 Å². The summed E-state index contributed by atoms with van der Waals surface area (Å²) in [7, 11) is 0. The number of hydrogen-bond donors (Lipinski definition) is 1. The van der Waals surface area contributed by atoms with Gasteiger partial charge in [-0.25, -0.2) is 15.0 Å². The van der Waals surface area contributed by atoms with Gasteiger partial charge in [0.2, 0.25) is 0 Å². The maximum absolute atomic E-state index is 4.71. The standard InChI is InChI=1S/C19H15N5.ClH/c1-13-6-11-21-17(12-13)23-19-15-4-2-3-5-16(15)22-18(24-19)14-7-9-20-10-8-14;/h2-12H,1H3,(H,21,22,23,24);1H. The predicted molar refractivity (Wildman–Crippen MR) is 102 cm³/mol. The van der Waals surface area contributed by atoms with Crippen LogP contribution in [-0.2, 0) is 0 Å². The summed E-state index contributed by atoms with van der Waals surface area (Å²) < 4.78 is 0. The molecule has 0 saturated heterocycles. The van der Waals surface area contributed by atoms with Crippen molar-refractivity contribution in [2.75, 3.05) is 5.32 Å². The summed E-state index contributed by atoms with van der Waals surface area (Å²) in [5, 5.41) is 4.28. The van der Waals surface area contributed by atoms with E-state index in [9.17, 15) is 0 Å². The molecule has 124 valence electrons. The number of para-hydroxylation sites is 1. The fraction of sp³-hybridized carbons (Fsp3) is 0.0526. The lowest BCUT2D eigenvalue weighted by atomic mass is 10.2. The van der Waals surface area contributed by atoms with Crippen molar-refractivity contribution < 1.29 is 0 Å². The highest BCUT2D eigenvalue weighted by atomic mass is 35.5. The molecule has 0 radical (unpaired) electrons. The van der Waals surface area contributed by atoms with Crippen molar-refractivity contribution in [1.82, 2.24) is 19.9 Å². The van der Waals surface area contributed by atoms with Crippen molar-refractivity contribution >= 4 is 34.9 Å². The molecule has 0 atom stereocenters. The van der Waals surface area contributed by atoms with E-state index in [4.69, 9.17) is 4.98 Å². The molecule has 0 bridgehead atoms. The van der Waals surface area contributed by atoms with Gasteiger partial charge in [-0.1, -0.05) is 12.1 Å². The zero-order valence-corrected chi connectivity index (χ0v) is 14.4. The van der Waals surface area contributed by atoms with Gasteiger partial charge in [0, 0.05) is 29.5 Å². The first-order valence-electron chi connectivity index (χ1n) is 7.66. The van der Waals surface area contributed by atoms with E-state index in [2.05, 4.69) is 20.3 Å². The smallest absolute Gasteiger partial charge is 0.162 e. The number of rotatable bonds is 3. The summed E-state index contributed by atoms with van der Waals surface area (Å²) in [6, 6.07) is 15.7. The molecule has 0 unspecified atom stereocenters. The average molecular weight is 350 g/mol. The van der Waals surface area contributed by atoms with Gasteiger partial charge >= 0.3 is 0 Å². The number of anilines is 2. The molecule has 25 heavy (non-hydrogen) atoms. The quantitative estimate of drug-likeness (QED) is 0.587. The Morgan fingerprint density at radius 1 is 0.880 bits per heavy atom. The van der Waals surface area contributed by atoms with Gasteiger partial charge in [-0.15, -0.1) is 12.4 Å². The van der Waals surface area contributed by atoms with Crippen LogP contribution >= 0.6 is 12.4 Å². The monoisotopic (exact) mass is 349 g/mol. The van der Waals surface area contributed by atoms with Gasteiger partial charge in [0.25, 0.3) is 0 Å². The van der Waals surface area contributed by atoms with Crippen LogP contribution in [-0.4, -0.2) is 19.9 Å². The third-order valence-corrected chi connectivity index (χ3v) is 3.70. The fourth-order valence-corrected chi connectivity index (χ4v) is 2.53. The molecular weight excluding hydrogens is 334 g/mol. The molecule has 4 aromatic rings. The Hall–Kier alpha value is -3.05. The van der Waals surface area contributed by atoms with Gasteiger partial charge < -0.3 is 5.32 Å². The summed E-state index contributed by atoms with van der Waals surface area (Å²) in [5.74, 6) is 2.16. The number of fused-ring (bicyclic) bond motifs is 1. The van der Waals surface area contributed by atoms with Gasteiger partial charge in [-0.3, -0.25) is 4.98 Å². The summed E-state index contributed by atoms with van der Waals surface area (Å²) >= 11 is 0. The molecule has 0 aliphatic heterocycles. The maximum Gasteiger partial charge on any atom is 0.162 e. The Bertz CT molecular complexity index is 1000. The van der Waals surface area contributed by atoms with Crippen LogP contribution in [0.1, 0.15) is 5.56 Å². The topological polar surface area (TPSA) is 63.6 Å². The molecule has 0 aliphatic carbocycles. The SMILES string of the molecule is Cc1ccnc(Nc2nc(-c3ccncc3)nc3ccccc23)c1.Cl. The second-order valence-electron chi connectivity index (χ2n) is 5.49. The first-order valence-corrected chi connectivity index (χ1v) is 7.66. The lowest BCUT2D eigenvalue weighted by Gasteiger charge is -2.10. The lowest BCUT2D eigenvalue weighted by Crippen LogP contribution is -2.00. The number of pyridine rings is 2. The highest BCUT2D eigenvalue weighted by Crippen LogP contribution is 2.26. The minimum Gasteiger partial charge on any atom is -0.324 e. The summed E-state index contributed by atoms with van der Waals surface area (Å²) in [6.07, 6.45) is 5.26. The van der Waals surface area contributed by atoms with Crippen LogP contribution in [0.2, 0.25) is 0 Å². The van der Waals surface area contributed by atoms with Crippen LogP contribution in [0.5, 0.6) is 0 Å². The maximum atomic E-state index is 4.71. The van der Waals surface area contributed by atoms with E-state index >= 15 is 0 Å². The second-order valence-corrected chi connectivity index (χ2v) is 5.49. The number of nitrogens with zero attached hydrogens (tertiary/aromatic N) is 4. The largest absolute Gasteiger partial charge is 0.324 e. The molecule has 4 rings (SSSR count). The third-order valence-electron chi connectivity index (χ3n) is 3.70. The fourth-order valence-electron chi connectivity index (χ4n) is 2.53. The first-order chi connectivity index (χ1) is 11.8. The number of aryl methyl sites for hydroxylation is 1. The first kappa shape index (κ1) is 16.8. The van der Waals surface area contributed by atoms with Crippen LogP contribution in [0.3, 0.4) is 0 Å². The number of nitrogens with one attached hydrogen (secondary N) is 1. The van der Waals surface area contributed by atoms with Crippen LogP contribution in [0.4, 0.5) is 11.6 Å². The molecule has 0 spiro atoms. The van der Waals surface area contributed by atoms with Crippen molar-refractivity contribution in [2.24, 2.45) is 0 Å². The highest BCUT2D eigenvalue weighted by molar-refractivity contribution is 5.91. The number of halogens is 1. The van der Waals surface area contributed by atoms with E-state index < -0.39 is 0 Å². The minimum atomic E-state index is 0. The second kappa shape index (κ2) is 7.23. The molecule has 3 heterocycles. The Balaban J connectivity index is 0.00000182. The van der Waals surface area contributed by atoms with Gasteiger partial charge in [0.15, 0.2) is 5.82 Å². The summed E-state index contributed by atoms with van der Waals surface area (Å²) in [5.41, 5.74) is 2.95. The van der Waals surface area contributed by atoms with E-state index in [1.54, 1.807) is 18.6 Å². The van der Waals surface area contributed by atoms with E-state index in [1.807, 2.05) is 55.5 Å². The van der Waals surface area contributed by atoms with Crippen LogP contribution in [0.15, 0.2) is 67.1 Å². The summed E-state index contributed by atoms with van der Waals surface area (Å²) in [6.45, 7) is 2.04. The Morgan fingerprint density at radius 3 is 2.48 bits per heavy atom. The summed E-state index contributed by atoms with van der Waals surface area (Å²) in [4.78, 5) is 17.8. The predicted octanol–water partition coefficient (Wildman–Crippen LogP) is 4.56. The van der Waals surface area contributed by atoms with Crippen LogP contribution in [0, 0.1) is 6.92 Å². The van der Waals surface area contributed by atoms with Crippen molar-refractivity contribution in [3.05, 3.63) is 72.7 Å². The third kappa shape index (κ3) is 3.56. The van der Waals surface area contributed by atoms with Crippen LogP contribution < -0.4 is 5.32 Å². The van der Waals surface area contributed by atoms with Gasteiger partial charge in [-0.2, -0.15) is 0 Å². The van der Waals surface area contributed by atoms with Crippen molar-refractivity contribution in [3.8, 4) is 11.4 Å². The molecule has 0 saturated carbocycles. The van der Waals surface area contributed by atoms with E-state index in [0.29, 0.717) is 5.82 Å². The van der Waals surface area contributed by atoms with Gasteiger partial charge in [0.05, 0.1) is 5.52 Å². The molecule has 0 amide bonds. The molecule has 6 heteroatoms. The molecule has 3 aromatic heterocycles. The zero-order chi connectivity index (χ0) is 16.4. The lowest BCUT2D eigenvalue weighted by molar-refractivity contribution is 1.19. The van der Waals surface area contributed by atoms with Gasteiger partial charge in [-0.05, 0) is 48.9 Å². The normalized spacial score (nSPS) is 10.3. The molecule has 0 fully saturated rings. The molecule has 5 nitrogen and oxygen atoms in total. The van der Waals surface area contributed by atoms with Crippen LogP contribution in [0.25, 0.3) is 22.3 Å². The molecule has 1 N–H and O–H groups in total. The Labute approximate surface area is 151 Å². The van der Waals surface area contributed by atoms with E-state index in [0.717, 1.165) is 33.7 Å². The molecular formula is C19H16ClN5. The molecule has 1 aromatic carbocycles. The van der Waals surface area contributed by atoms with Crippen molar-refractivity contribution in [3.63, 3.8) is 0 Å². The molecule has 0 aliphatic rings. The zero-order valence-electron chi connectivity index (χ0n) is 13.5. The number of aromatic nitrogens is 4. The minimum absolute atomic E-state index is 0. The van der Waals surface area contributed by atoms with E-state index in [1.165, 1.54) is 0 Å². The Morgan fingerprint density at radius 2 is 1.68 bits per heavy atom. The van der Waals surface area contributed by atoms with E-state index in [-0.39, 0.29) is 12.4 Å². The van der Waals surface area contributed by atoms with Gasteiger partial charge in [0.1, 0.15) is 11.6 Å². The number of hydrogen-bond acceptors (Lipinski definition) is 5.